The highest BCUT2D eigenvalue weighted by molar-refractivity contribution is 5.90. The van der Waals surface area contributed by atoms with Crippen LogP contribution in [0.5, 0.6) is 0 Å². The molecule has 33 heavy (non-hydrogen) atoms. The lowest BCUT2D eigenvalue weighted by Gasteiger charge is -2.28. The van der Waals surface area contributed by atoms with E-state index in [0.717, 1.165) is 0 Å². The summed E-state index contributed by atoms with van der Waals surface area (Å²) >= 11 is 0. The maximum Gasteiger partial charge on any atom is 0.338 e. The predicted octanol–water partition coefficient (Wildman–Crippen LogP) is 2.93. The van der Waals surface area contributed by atoms with Crippen LogP contribution in [0.4, 0.5) is 0 Å². The molecule has 0 radical (unpaired) electrons. The Labute approximate surface area is 191 Å². The molecular formula is C24H26O9. The molecule has 0 aliphatic carbocycles. The van der Waals surface area contributed by atoms with Gasteiger partial charge in [-0.3, -0.25) is 9.59 Å². The first-order valence-electron chi connectivity index (χ1n) is 10.2. The van der Waals surface area contributed by atoms with Crippen LogP contribution in [-0.2, 0) is 33.3 Å². The van der Waals surface area contributed by atoms with Crippen molar-refractivity contribution in [3.8, 4) is 0 Å². The third-order valence-corrected chi connectivity index (χ3v) is 4.37. The van der Waals surface area contributed by atoms with Crippen molar-refractivity contribution in [1.29, 1.82) is 0 Å². The number of carbonyl (C=O) groups excluding carboxylic acids is 4. The molecule has 2 rings (SSSR count). The van der Waals surface area contributed by atoms with E-state index in [-0.39, 0.29) is 12.0 Å². The number of esters is 4. The molecule has 0 bridgehead atoms. The maximum absolute atomic E-state index is 12.7. The van der Waals surface area contributed by atoms with Crippen molar-refractivity contribution in [2.75, 3.05) is 13.7 Å². The molecule has 2 aromatic rings. The summed E-state index contributed by atoms with van der Waals surface area (Å²) in [6.07, 6.45) is -3.61. The molecule has 0 aliphatic heterocycles. The summed E-state index contributed by atoms with van der Waals surface area (Å²) in [5, 5.41) is 0. The van der Waals surface area contributed by atoms with Crippen LogP contribution in [0, 0.1) is 0 Å². The third kappa shape index (κ3) is 8.74. The van der Waals surface area contributed by atoms with Crippen LogP contribution in [-0.4, -0.2) is 56.1 Å². The number of ether oxygens (including phenoxy) is 5. The Hall–Kier alpha value is -3.72. The van der Waals surface area contributed by atoms with Crippen molar-refractivity contribution in [2.45, 2.75) is 38.8 Å². The maximum atomic E-state index is 12.7. The van der Waals surface area contributed by atoms with Gasteiger partial charge in [-0.25, -0.2) is 9.59 Å². The van der Waals surface area contributed by atoms with E-state index in [1.54, 1.807) is 60.7 Å². The molecule has 0 fully saturated rings. The van der Waals surface area contributed by atoms with Crippen molar-refractivity contribution in [1.82, 2.24) is 0 Å². The van der Waals surface area contributed by atoms with Crippen LogP contribution >= 0.6 is 0 Å². The van der Waals surface area contributed by atoms with Crippen molar-refractivity contribution in [2.24, 2.45) is 0 Å². The monoisotopic (exact) mass is 458 g/mol. The van der Waals surface area contributed by atoms with Crippen molar-refractivity contribution in [3.63, 3.8) is 0 Å². The van der Waals surface area contributed by atoms with Gasteiger partial charge in [0.05, 0.1) is 17.5 Å². The molecule has 176 valence electrons. The molecule has 0 spiro atoms. The summed E-state index contributed by atoms with van der Waals surface area (Å²) < 4.78 is 26.4. The molecule has 9 heteroatoms. The van der Waals surface area contributed by atoms with E-state index in [4.69, 9.17) is 23.7 Å². The van der Waals surface area contributed by atoms with Gasteiger partial charge < -0.3 is 23.7 Å². The molecule has 9 nitrogen and oxygen atoms in total. The summed E-state index contributed by atoms with van der Waals surface area (Å²) in [7, 11) is 1.31. The first-order valence-corrected chi connectivity index (χ1v) is 10.2. The average molecular weight is 458 g/mol. The fraction of sp³-hybridized carbons (Fsp3) is 0.333. The highest BCUT2D eigenvalue weighted by atomic mass is 16.7. The van der Waals surface area contributed by atoms with Crippen molar-refractivity contribution < 1.29 is 42.9 Å². The lowest BCUT2D eigenvalue weighted by atomic mass is 10.1. The van der Waals surface area contributed by atoms with Gasteiger partial charge >= 0.3 is 23.9 Å². The van der Waals surface area contributed by atoms with Crippen LogP contribution in [0.25, 0.3) is 0 Å². The highest BCUT2D eigenvalue weighted by Crippen LogP contribution is 2.18. The summed E-state index contributed by atoms with van der Waals surface area (Å²) in [6.45, 7) is 1.96. The number of hydrogen-bond acceptors (Lipinski definition) is 9. The summed E-state index contributed by atoms with van der Waals surface area (Å²) in [6, 6.07) is 16.4. The Kier molecular flexibility index (Phi) is 10.0. The molecule has 0 saturated heterocycles. The Morgan fingerprint density at radius 3 is 1.70 bits per heavy atom. The number of carbonyl (C=O) groups is 4. The molecule has 3 atom stereocenters. The zero-order valence-corrected chi connectivity index (χ0v) is 18.6. The quantitative estimate of drug-likeness (QED) is 0.285. The minimum Gasteiger partial charge on any atom is -0.458 e. The Morgan fingerprint density at radius 2 is 1.21 bits per heavy atom. The zero-order valence-electron chi connectivity index (χ0n) is 18.6. The first kappa shape index (κ1) is 25.5. The third-order valence-electron chi connectivity index (χ3n) is 4.37. The Balaban J connectivity index is 2.24. The van der Waals surface area contributed by atoms with Crippen LogP contribution in [0.15, 0.2) is 60.7 Å². The summed E-state index contributed by atoms with van der Waals surface area (Å²) in [5.74, 6) is -2.65. The van der Waals surface area contributed by atoms with Gasteiger partial charge in [-0.1, -0.05) is 36.4 Å². The average Bonchev–Trinajstić information content (AvgIpc) is 2.81. The molecular weight excluding hydrogens is 432 g/mol. The Bertz CT molecular complexity index is 927. The Morgan fingerprint density at radius 1 is 0.697 bits per heavy atom. The molecule has 0 amide bonds. The van der Waals surface area contributed by atoms with Gasteiger partial charge in [0.2, 0.25) is 6.29 Å². The lowest BCUT2D eigenvalue weighted by molar-refractivity contribution is -0.184. The van der Waals surface area contributed by atoms with Gasteiger partial charge in [-0.2, -0.15) is 0 Å². The SMILES string of the molecule is CO[C@@H](C[C@H](OC(=O)c1ccccc1)[C@@H](COC(=O)c1ccccc1)OC(C)=O)OC(C)=O. The van der Waals surface area contributed by atoms with E-state index in [0.29, 0.717) is 5.56 Å². The molecule has 0 aliphatic rings. The van der Waals surface area contributed by atoms with Crippen LogP contribution in [0.2, 0.25) is 0 Å². The number of benzene rings is 2. The summed E-state index contributed by atoms with van der Waals surface area (Å²) in [5.41, 5.74) is 0.554. The lowest BCUT2D eigenvalue weighted by Crippen LogP contribution is -2.42. The van der Waals surface area contributed by atoms with E-state index < -0.39 is 49.0 Å². The minimum atomic E-state index is -1.18. The van der Waals surface area contributed by atoms with Gasteiger partial charge in [-0.15, -0.1) is 0 Å². The molecule has 0 aromatic heterocycles. The standard InChI is InChI=1S/C24H26O9/c1-16(25)31-21(15-30-23(27)18-10-6-4-7-11-18)20(14-22(29-3)32-17(2)26)33-24(28)19-12-8-5-9-13-19/h4-13,20-22H,14-15H2,1-3H3/t20-,21+,22+/m0/s1. The van der Waals surface area contributed by atoms with Crippen molar-refractivity contribution >= 4 is 23.9 Å². The fourth-order valence-electron chi connectivity index (χ4n) is 2.87. The van der Waals surface area contributed by atoms with E-state index in [1.165, 1.54) is 21.0 Å². The van der Waals surface area contributed by atoms with E-state index in [9.17, 15) is 19.2 Å². The van der Waals surface area contributed by atoms with Crippen LogP contribution < -0.4 is 0 Å². The van der Waals surface area contributed by atoms with E-state index >= 15 is 0 Å². The largest absolute Gasteiger partial charge is 0.458 e. The van der Waals surface area contributed by atoms with E-state index in [2.05, 4.69) is 0 Å². The second kappa shape index (κ2) is 13.0. The smallest absolute Gasteiger partial charge is 0.338 e. The van der Waals surface area contributed by atoms with Gasteiger partial charge in [0.15, 0.2) is 6.10 Å². The molecule has 0 heterocycles. The minimum absolute atomic E-state index is 0.171. The fourth-order valence-corrected chi connectivity index (χ4v) is 2.87. The first-order chi connectivity index (χ1) is 15.8. The van der Waals surface area contributed by atoms with Gasteiger partial charge in [0.25, 0.3) is 0 Å². The van der Waals surface area contributed by atoms with Crippen molar-refractivity contribution in [3.05, 3.63) is 71.8 Å². The molecule has 0 unspecified atom stereocenters. The van der Waals surface area contributed by atoms with Crippen LogP contribution in [0.3, 0.4) is 0 Å². The van der Waals surface area contributed by atoms with Gasteiger partial charge in [0.1, 0.15) is 12.7 Å². The van der Waals surface area contributed by atoms with E-state index in [1.807, 2.05) is 0 Å². The van der Waals surface area contributed by atoms with Gasteiger partial charge in [-0.05, 0) is 24.3 Å². The highest BCUT2D eigenvalue weighted by Gasteiger charge is 2.33. The van der Waals surface area contributed by atoms with Crippen LogP contribution in [0.1, 0.15) is 41.0 Å². The normalized spacial score (nSPS) is 13.2. The molecule has 2 aromatic carbocycles. The zero-order chi connectivity index (χ0) is 24.2. The summed E-state index contributed by atoms with van der Waals surface area (Å²) in [4.78, 5) is 48.2. The number of rotatable bonds is 11. The second-order valence-corrected chi connectivity index (χ2v) is 6.93. The topological polar surface area (TPSA) is 114 Å². The number of methoxy groups -OCH3 is 1. The predicted molar refractivity (Wildman–Crippen MR) is 115 cm³/mol. The molecule has 0 N–H and O–H groups in total. The second-order valence-electron chi connectivity index (χ2n) is 6.93. The van der Waals surface area contributed by atoms with Gasteiger partial charge in [0, 0.05) is 21.0 Å². The molecule has 0 saturated carbocycles. The number of hydrogen-bond donors (Lipinski definition) is 0.